The van der Waals surface area contributed by atoms with Crippen LogP contribution in [0.25, 0.3) is 0 Å². The Hall–Kier alpha value is -2.44. The van der Waals surface area contributed by atoms with E-state index < -0.39 is 4.92 Å². The number of nitrogens with one attached hydrogen (secondary N) is 1. The molecule has 0 aliphatic rings. The minimum Gasteiger partial charge on any atom is -0.872 e. The van der Waals surface area contributed by atoms with Gasteiger partial charge in [0.15, 0.2) is 0 Å². The van der Waals surface area contributed by atoms with Gasteiger partial charge < -0.3 is 10.0 Å². The molecule has 0 fully saturated rings. The summed E-state index contributed by atoms with van der Waals surface area (Å²) in [5, 5.41) is 23.5. The molecule has 6 nitrogen and oxygen atoms in total. The van der Waals surface area contributed by atoms with Crippen LogP contribution in [0.15, 0.2) is 47.5 Å². The van der Waals surface area contributed by atoms with Crippen LogP contribution < -0.4 is 10.0 Å². The van der Waals surface area contributed by atoms with Crippen molar-refractivity contribution in [1.29, 1.82) is 0 Å². The second kappa shape index (κ2) is 9.31. The summed E-state index contributed by atoms with van der Waals surface area (Å²) in [5.41, 5.74) is 1.10. The SMILES string of the molecule is CC[NH+](CC)[C@H](CN=Cc1cc([N+](=O)[O-])ccc1[O-])c1ccccc1Cl. The number of hydrogen-bond acceptors (Lipinski definition) is 4. The molecule has 1 N–H and O–H groups in total. The maximum absolute atomic E-state index is 11.9. The molecule has 0 bridgehead atoms. The van der Waals surface area contributed by atoms with Crippen LogP contribution in [0.4, 0.5) is 5.69 Å². The summed E-state index contributed by atoms with van der Waals surface area (Å²) < 4.78 is 0. The summed E-state index contributed by atoms with van der Waals surface area (Å²) in [7, 11) is 0. The molecule has 1 atom stereocenters. The highest BCUT2D eigenvalue weighted by Crippen LogP contribution is 2.22. The van der Waals surface area contributed by atoms with E-state index in [4.69, 9.17) is 11.6 Å². The van der Waals surface area contributed by atoms with E-state index in [0.29, 0.717) is 11.6 Å². The average Bonchev–Trinajstić information content (AvgIpc) is 2.63. The van der Waals surface area contributed by atoms with Crippen LogP contribution in [-0.2, 0) is 0 Å². The first-order valence-corrected chi connectivity index (χ1v) is 8.90. The van der Waals surface area contributed by atoms with Crippen LogP contribution in [0.3, 0.4) is 0 Å². The van der Waals surface area contributed by atoms with Gasteiger partial charge in [-0.1, -0.05) is 41.6 Å². The van der Waals surface area contributed by atoms with Gasteiger partial charge in [0.25, 0.3) is 5.69 Å². The van der Waals surface area contributed by atoms with Crippen LogP contribution in [0.5, 0.6) is 5.75 Å². The van der Waals surface area contributed by atoms with Crippen LogP contribution in [0.2, 0.25) is 5.02 Å². The summed E-state index contributed by atoms with van der Waals surface area (Å²) in [4.78, 5) is 16.1. The zero-order valence-corrected chi connectivity index (χ0v) is 15.6. The standard InChI is InChI=1S/C19H22ClN3O3/c1-3-22(4-2)18(16-7-5-6-8-17(16)20)13-21-12-14-11-15(23(25)26)9-10-19(14)24/h5-12,18,24H,3-4,13H2,1-2H3/t18-/m1/s1. The Morgan fingerprint density at radius 2 is 1.92 bits per heavy atom. The molecule has 7 heteroatoms. The summed E-state index contributed by atoms with van der Waals surface area (Å²) in [6.07, 6.45) is 1.42. The number of rotatable bonds is 8. The molecule has 0 saturated heterocycles. The molecule has 2 aromatic carbocycles. The maximum Gasteiger partial charge on any atom is 0.270 e. The predicted molar refractivity (Wildman–Crippen MR) is 101 cm³/mol. The Morgan fingerprint density at radius 1 is 1.23 bits per heavy atom. The Labute approximate surface area is 157 Å². The van der Waals surface area contributed by atoms with Gasteiger partial charge in [0.1, 0.15) is 6.04 Å². The second-order valence-electron chi connectivity index (χ2n) is 5.91. The molecule has 0 unspecified atom stereocenters. The lowest BCUT2D eigenvalue weighted by atomic mass is 10.0. The number of quaternary nitrogens is 1. The van der Waals surface area contributed by atoms with E-state index in [1.807, 2.05) is 24.3 Å². The van der Waals surface area contributed by atoms with Gasteiger partial charge in [0.05, 0.1) is 24.6 Å². The first-order chi connectivity index (χ1) is 12.5. The van der Waals surface area contributed by atoms with E-state index >= 15 is 0 Å². The third-order valence-electron chi connectivity index (χ3n) is 4.40. The molecule has 2 aromatic rings. The molecule has 0 radical (unpaired) electrons. The molecular formula is C19H22ClN3O3. The Balaban J connectivity index is 2.27. The molecule has 138 valence electrons. The van der Waals surface area contributed by atoms with Gasteiger partial charge in [-0.3, -0.25) is 15.1 Å². The van der Waals surface area contributed by atoms with Gasteiger partial charge in [-0.25, -0.2) is 0 Å². The Kier molecular flexibility index (Phi) is 7.12. The zero-order valence-electron chi connectivity index (χ0n) is 14.8. The van der Waals surface area contributed by atoms with Crippen LogP contribution in [-0.4, -0.2) is 30.8 Å². The molecule has 0 heterocycles. The van der Waals surface area contributed by atoms with Gasteiger partial charge >= 0.3 is 0 Å². The van der Waals surface area contributed by atoms with Gasteiger partial charge in [-0.15, -0.1) is 0 Å². The zero-order chi connectivity index (χ0) is 19.1. The highest BCUT2D eigenvalue weighted by molar-refractivity contribution is 6.31. The number of aliphatic imine (C=N–C) groups is 1. The molecule has 2 rings (SSSR count). The lowest BCUT2D eigenvalue weighted by molar-refractivity contribution is -0.926. The first kappa shape index (κ1) is 19.9. The maximum atomic E-state index is 11.9. The lowest BCUT2D eigenvalue weighted by Gasteiger charge is -2.26. The largest absolute Gasteiger partial charge is 0.872 e. The lowest BCUT2D eigenvalue weighted by Crippen LogP contribution is -3.12. The third-order valence-corrected chi connectivity index (χ3v) is 4.75. The van der Waals surface area contributed by atoms with Crippen molar-refractivity contribution in [3.63, 3.8) is 0 Å². The number of likely N-dealkylation sites (N-methyl/N-ethyl adjacent to an activating group) is 1. The summed E-state index contributed by atoms with van der Waals surface area (Å²) >= 11 is 6.36. The minimum atomic E-state index is -0.524. The van der Waals surface area contributed by atoms with Gasteiger partial charge in [-0.2, -0.15) is 0 Å². The molecule has 0 aliphatic carbocycles. The number of benzene rings is 2. The normalized spacial score (nSPS) is 12.6. The minimum absolute atomic E-state index is 0.0451. The average molecular weight is 376 g/mol. The third kappa shape index (κ3) is 4.80. The summed E-state index contributed by atoms with van der Waals surface area (Å²) in [5.74, 6) is -0.288. The molecule has 26 heavy (non-hydrogen) atoms. The fourth-order valence-corrected chi connectivity index (χ4v) is 3.22. The van der Waals surface area contributed by atoms with Gasteiger partial charge in [-0.05, 0) is 25.5 Å². The fourth-order valence-electron chi connectivity index (χ4n) is 2.95. The predicted octanol–water partition coefficient (Wildman–Crippen LogP) is 2.41. The Bertz CT molecular complexity index is 791. The number of non-ortho nitro benzene ring substituents is 1. The van der Waals surface area contributed by atoms with Crippen molar-refractivity contribution in [2.24, 2.45) is 4.99 Å². The highest BCUT2D eigenvalue weighted by Gasteiger charge is 2.23. The Morgan fingerprint density at radius 3 is 2.54 bits per heavy atom. The quantitative estimate of drug-likeness (QED) is 0.437. The van der Waals surface area contributed by atoms with E-state index in [1.54, 1.807) is 0 Å². The van der Waals surface area contributed by atoms with Crippen molar-refractivity contribution in [1.82, 2.24) is 0 Å². The van der Waals surface area contributed by atoms with E-state index in [0.717, 1.165) is 18.7 Å². The molecule has 0 spiro atoms. The van der Waals surface area contributed by atoms with Crippen molar-refractivity contribution in [3.05, 3.63) is 68.7 Å². The fraction of sp³-hybridized carbons (Fsp3) is 0.316. The topological polar surface area (TPSA) is 83.0 Å². The smallest absolute Gasteiger partial charge is 0.270 e. The van der Waals surface area contributed by atoms with E-state index in [9.17, 15) is 15.2 Å². The number of hydrogen-bond donors (Lipinski definition) is 1. The highest BCUT2D eigenvalue weighted by atomic mass is 35.5. The number of nitro benzene ring substituents is 1. The molecule has 0 aliphatic heterocycles. The number of halogens is 1. The summed E-state index contributed by atoms with van der Waals surface area (Å²) in [6, 6.07) is 11.4. The van der Waals surface area contributed by atoms with Crippen LogP contribution in [0.1, 0.15) is 31.0 Å². The monoisotopic (exact) mass is 375 g/mol. The molecule has 0 amide bonds. The van der Waals surface area contributed by atoms with Gasteiger partial charge in [0.2, 0.25) is 0 Å². The summed E-state index contributed by atoms with van der Waals surface area (Å²) in [6.45, 7) is 6.45. The van der Waals surface area contributed by atoms with Gasteiger partial charge in [0, 0.05) is 28.9 Å². The van der Waals surface area contributed by atoms with Crippen LogP contribution >= 0.6 is 11.6 Å². The van der Waals surface area contributed by atoms with Crippen LogP contribution in [0, 0.1) is 10.1 Å². The van der Waals surface area contributed by atoms with E-state index in [1.165, 1.54) is 29.3 Å². The van der Waals surface area contributed by atoms with Crippen molar-refractivity contribution < 1.29 is 14.9 Å². The number of nitrogens with zero attached hydrogens (tertiary/aromatic N) is 2. The number of nitro groups is 1. The second-order valence-corrected chi connectivity index (χ2v) is 6.32. The van der Waals surface area contributed by atoms with E-state index in [2.05, 4.69) is 18.8 Å². The van der Waals surface area contributed by atoms with Crippen molar-refractivity contribution >= 4 is 23.5 Å². The van der Waals surface area contributed by atoms with Crippen molar-refractivity contribution in [3.8, 4) is 5.75 Å². The molecule has 0 saturated carbocycles. The molecular weight excluding hydrogens is 354 g/mol. The molecule has 0 aromatic heterocycles. The van der Waals surface area contributed by atoms with Crippen molar-refractivity contribution in [2.45, 2.75) is 19.9 Å². The first-order valence-electron chi connectivity index (χ1n) is 8.52. The van der Waals surface area contributed by atoms with Crippen molar-refractivity contribution in [2.75, 3.05) is 19.6 Å². The van der Waals surface area contributed by atoms with E-state index in [-0.39, 0.29) is 23.0 Å².